The van der Waals surface area contributed by atoms with E-state index in [9.17, 15) is 9.90 Å². The van der Waals surface area contributed by atoms with Crippen LogP contribution in [-0.4, -0.2) is 29.3 Å². The predicted octanol–water partition coefficient (Wildman–Crippen LogP) is 2.57. The Morgan fingerprint density at radius 1 is 1.42 bits per heavy atom. The summed E-state index contributed by atoms with van der Waals surface area (Å²) < 4.78 is 0. The third kappa shape index (κ3) is 5.09. The zero-order chi connectivity index (χ0) is 14.5. The second-order valence-electron chi connectivity index (χ2n) is 5.34. The van der Waals surface area contributed by atoms with Crippen molar-refractivity contribution in [1.29, 1.82) is 0 Å². The molecule has 0 saturated carbocycles. The summed E-state index contributed by atoms with van der Waals surface area (Å²) in [6.45, 7) is 4.74. The molecule has 1 aromatic carbocycles. The molecule has 3 N–H and O–H groups in total. The van der Waals surface area contributed by atoms with Gasteiger partial charge in [-0.1, -0.05) is 25.4 Å². The molecule has 0 aliphatic carbocycles. The highest BCUT2D eigenvalue weighted by atomic mass is 35.5. The predicted molar refractivity (Wildman–Crippen MR) is 75.6 cm³/mol. The van der Waals surface area contributed by atoms with E-state index in [2.05, 4.69) is 5.32 Å². The molecule has 0 bridgehead atoms. The molecule has 106 valence electrons. The van der Waals surface area contributed by atoms with Gasteiger partial charge in [-0.25, -0.2) is 0 Å². The summed E-state index contributed by atoms with van der Waals surface area (Å²) >= 11 is 5.76. The Balaban J connectivity index is 2.57. The molecule has 0 aliphatic rings. The van der Waals surface area contributed by atoms with Gasteiger partial charge < -0.3 is 15.5 Å². The van der Waals surface area contributed by atoms with Crippen LogP contribution in [-0.2, 0) is 0 Å². The molecule has 4 nitrogen and oxygen atoms in total. The number of aliphatic hydroxyl groups excluding tert-OH is 1. The van der Waals surface area contributed by atoms with E-state index in [1.807, 2.05) is 13.8 Å². The van der Waals surface area contributed by atoms with Crippen LogP contribution < -0.4 is 5.32 Å². The van der Waals surface area contributed by atoms with Crippen molar-refractivity contribution in [2.45, 2.75) is 26.7 Å². The van der Waals surface area contributed by atoms with Crippen molar-refractivity contribution in [3.05, 3.63) is 28.8 Å². The number of phenolic OH excluding ortho intramolecular Hbond substituents is 1. The molecule has 19 heavy (non-hydrogen) atoms. The molecule has 0 aromatic heterocycles. The zero-order valence-corrected chi connectivity index (χ0v) is 12.0. The Hall–Kier alpha value is -1.26. The van der Waals surface area contributed by atoms with E-state index < -0.39 is 0 Å². The van der Waals surface area contributed by atoms with Crippen LogP contribution in [0.5, 0.6) is 5.75 Å². The molecule has 5 heteroatoms. The van der Waals surface area contributed by atoms with E-state index in [4.69, 9.17) is 16.7 Å². The highest BCUT2D eigenvalue weighted by molar-refractivity contribution is 6.32. The Morgan fingerprint density at radius 2 is 2.11 bits per heavy atom. The fourth-order valence-electron chi connectivity index (χ4n) is 1.72. The van der Waals surface area contributed by atoms with Crippen LogP contribution in [0.3, 0.4) is 0 Å². The molecule has 0 unspecified atom stereocenters. The van der Waals surface area contributed by atoms with E-state index in [1.165, 1.54) is 18.2 Å². The molecule has 0 aliphatic heterocycles. The molecular weight excluding hydrogens is 266 g/mol. The molecular formula is C14H20ClNO3. The largest absolute Gasteiger partial charge is 0.506 e. The van der Waals surface area contributed by atoms with Gasteiger partial charge in [-0.3, -0.25) is 4.79 Å². The number of aliphatic hydroxyl groups is 1. The van der Waals surface area contributed by atoms with Gasteiger partial charge in [-0.05, 0) is 36.5 Å². The standard InChI is InChI=1S/C14H20ClNO3/c1-14(2,6-3-7-17)9-16-13(19)10-4-5-12(18)11(15)8-10/h4-5,8,17-18H,3,6-7,9H2,1-2H3,(H,16,19). The highest BCUT2D eigenvalue weighted by Gasteiger charge is 2.19. The van der Waals surface area contributed by atoms with Gasteiger partial charge in [0.25, 0.3) is 5.91 Å². The molecule has 1 rings (SSSR count). The van der Waals surface area contributed by atoms with Gasteiger partial charge in [-0.15, -0.1) is 0 Å². The van der Waals surface area contributed by atoms with Crippen LogP contribution in [0.2, 0.25) is 5.02 Å². The summed E-state index contributed by atoms with van der Waals surface area (Å²) in [6, 6.07) is 4.36. The van der Waals surface area contributed by atoms with E-state index in [0.29, 0.717) is 18.5 Å². The summed E-state index contributed by atoms with van der Waals surface area (Å²) in [6.07, 6.45) is 1.55. The minimum absolute atomic E-state index is 0.0403. The summed E-state index contributed by atoms with van der Waals surface area (Å²) in [5.41, 5.74) is 0.347. The lowest BCUT2D eigenvalue weighted by atomic mass is 9.88. The average molecular weight is 286 g/mol. The van der Waals surface area contributed by atoms with E-state index >= 15 is 0 Å². The van der Waals surface area contributed by atoms with Crippen LogP contribution in [0, 0.1) is 5.41 Å². The van der Waals surface area contributed by atoms with Crippen molar-refractivity contribution in [2.24, 2.45) is 5.41 Å². The number of hydrogen-bond acceptors (Lipinski definition) is 3. The highest BCUT2D eigenvalue weighted by Crippen LogP contribution is 2.24. The van der Waals surface area contributed by atoms with Crippen LogP contribution in [0.25, 0.3) is 0 Å². The van der Waals surface area contributed by atoms with Crippen LogP contribution >= 0.6 is 11.6 Å². The molecule has 0 spiro atoms. The Bertz CT molecular complexity index is 446. The number of aromatic hydroxyl groups is 1. The molecule has 0 radical (unpaired) electrons. The van der Waals surface area contributed by atoms with Gasteiger partial charge in [0, 0.05) is 18.7 Å². The fraction of sp³-hybridized carbons (Fsp3) is 0.500. The first-order valence-electron chi connectivity index (χ1n) is 6.23. The summed E-state index contributed by atoms with van der Waals surface area (Å²) in [5.74, 6) is -0.263. The van der Waals surface area contributed by atoms with Crippen LogP contribution in [0.1, 0.15) is 37.0 Å². The Kier molecular flexibility index (Phi) is 5.63. The maximum Gasteiger partial charge on any atom is 0.251 e. The van der Waals surface area contributed by atoms with Gasteiger partial charge in [0.2, 0.25) is 0 Å². The van der Waals surface area contributed by atoms with Gasteiger partial charge in [0.05, 0.1) is 5.02 Å². The number of amides is 1. The van der Waals surface area contributed by atoms with Crippen molar-refractivity contribution < 1.29 is 15.0 Å². The SMILES string of the molecule is CC(C)(CCCO)CNC(=O)c1ccc(O)c(Cl)c1. The quantitative estimate of drug-likeness (QED) is 0.752. The minimum atomic E-state index is -0.223. The van der Waals surface area contributed by atoms with Crippen molar-refractivity contribution >= 4 is 17.5 Å². The van der Waals surface area contributed by atoms with Crippen molar-refractivity contribution in [3.63, 3.8) is 0 Å². The Morgan fingerprint density at radius 3 is 2.68 bits per heavy atom. The van der Waals surface area contributed by atoms with Gasteiger partial charge >= 0.3 is 0 Å². The number of phenols is 1. The first kappa shape index (κ1) is 15.8. The first-order chi connectivity index (χ1) is 8.85. The van der Waals surface area contributed by atoms with Crippen LogP contribution in [0.4, 0.5) is 0 Å². The monoisotopic (exact) mass is 285 g/mol. The van der Waals surface area contributed by atoms with Crippen molar-refractivity contribution in [3.8, 4) is 5.75 Å². The average Bonchev–Trinajstić information content (AvgIpc) is 2.37. The number of nitrogens with one attached hydrogen (secondary N) is 1. The maximum atomic E-state index is 11.9. The lowest BCUT2D eigenvalue weighted by Gasteiger charge is -2.24. The van der Waals surface area contributed by atoms with E-state index in [-0.39, 0.29) is 28.7 Å². The first-order valence-corrected chi connectivity index (χ1v) is 6.61. The molecule has 0 fully saturated rings. The number of hydrogen-bond donors (Lipinski definition) is 3. The second kappa shape index (κ2) is 6.78. The van der Waals surface area contributed by atoms with Crippen molar-refractivity contribution in [1.82, 2.24) is 5.32 Å². The summed E-state index contributed by atoms with van der Waals surface area (Å²) in [5, 5.41) is 21.1. The number of benzene rings is 1. The van der Waals surface area contributed by atoms with Gasteiger partial charge in [-0.2, -0.15) is 0 Å². The normalized spacial score (nSPS) is 11.4. The van der Waals surface area contributed by atoms with Gasteiger partial charge in [0.15, 0.2) is 0 Å². The molecule has 1 amide bonds. The molecule has 0 heterocycles. The number of halogens is 1. The number of rotatable bonds is 6. The number of carbonyl (C=O) groups is 1. The third-order valence-electron chi connectivity index (χ3n) is 2.95. The molecule has 1 aromatic rings. The maximum absolute atomic E-state index is 11.9. The van der Waals surface area contributed by atoms with E-state index in [0.717, 1.165) is 6.42 Å². The zero-order valence-electron chi connectivity index (χ0n) is 11.2. The topological polar surface area (TPSA) is 69.6 Å². The third-order valence-corrected chi connectivity index (χ3v) is 3.25. The summed E-state index contributed by atoms with van der Waals surface area (Å²) in [7, 11) is 0. The minimum Gasteiger partial charge on any atom is -0.506 e. The lowest BCUT2D eigenvalue weighted by molar-refractivity contribution is 0.0933. The van der Waals surface area contributed by atoms with Gasteiger partial charge in [0.1, 0.15) is 5.75 Å². The summed E-state index contributed by atoms with van der Waals surface area (Å²) in [4.78, 5) is 11.9. The number of carbonyl (C=O) groups excluding carboxylic acids is 1. The second-order valence-corrected chi connectivity index (χ2v) is 5.75. The Labute approximate surface area is 118 Å². The van der Waals surface area contributed by atoms with E-state index in [1.54, 1.807) is 0 Å². The van der Waals surface area contributed by atoms with Crippen LogP contribution in [0.15, 0.2) is 18.2 Å². The molecule has 0 atom stereocenters. The smallest absolute Gasteiger partial charge is 0.251 e. The fourth-order valence-corrected chi connectivity index (χ4v) is 1.90. The van der Waals surface area contributed by atoms with Crippen molar-refractivity contribution in [2.75, 3.05) is 13.2 Å². The molecule has 0 saturated heterocycles. The lowest BCUT2D eigenvalue weighted by Crippen LogP contribution is -2.34.